The number of hydrogen-bond acceptors (Lipinski definition) is 6. The van der Waals surface area contributed by atoms with Gasteiger partial charge < -0.3 is 4.74 Å². The Morgan fingerprint density at radius 3 is 2.22 bits per heavy atom. The molecule has 1 rings (SSSR count). The van der Waals surface area contributed by atoms with Crippen molar-refractivity contribution in [1.82, 2.24) is 4.31 Å². The average molecular weight is 344 g/mol. The number of nitrogens with zero attached hydrogens (tertiary/aromatic N) is 2. The summed E-state index contributed by atoms with van der Waals surface area (Å²) in [6.07, 6.45) is -0.0725. The number of esters is 1. The first-order valence-electron chi connectivity index (χ1n) is 6.90. The van der Waals surface area contributed by atoms with Crippen LogP contribution in [-0.2, 0) is 19.6 Å². The Morgan fingerprint density at radius 1 is 1.30 bits per heavy atom. The van der Waals surface area contributed by atoms with E-state index in [1.54, 1.807) is 13.8 Å². The van der Waals surface area contributed by atoms with Crippen molar-refractivity contribution in [3.05, 3.63) is 34.4 Å². The van der Waals surface area contributed by atoms with Gasteiger partial charge in [-0.05, 0) is 18.1 Å². The Balaban J connectivity index is 3.13. The van der Waals surface area contributed by atoms with Gasteiger partial charge in [-0.25, -0.2) is 8.42 Å². The highest BCUT2D eigenvalue weighted by molar-refractivity contribution is 7.89. The van der Waals surface area contributed by atoms with Crippen molar-refractivity contribution >= 4 is 21.7 Å². The molecule has 8 nitrogen and oxygen atoms in total. The van der Waals surface area contributed by atoms with Crippen molar-refractivity contribution in [2.45, 2.75) is 31.2 Å². The summed E-state index contributed by atoms with van der Waals surface area (Å²) in [7, 11) is -1.26. The van der Waals surface area contributed by atoms with E-state index in [-0.39, 0.29) is 22.9 Å². The molecule has 0 amide bonds. The summed E-state index contributed by atoms with van der Waals surface area (Å²) < 4.78 is 31.0. The Kier molecular flexibility index (Phi) is 6.22. The van der Waals surface area contributed by atoms with E-state index in [0.29, 0.717) is 0 Å². The number of rotatable bonds is 7. The first-order chi connectivity index (χ1) is 10.6. The van der Waals surface area contributed by atoms with E-state index in [0.717, 1.165) is 16.4 Å². The van der Waals surface area contributed by atoms with Gasteiger partial charge in [0.25, 0.3) is 5.69 Å². The minimum atomic E-state index is -3.88. The van der Waals surface area contributed by atoms with Crippen molar-refractivity contribution in [1.29, 1.82) is 0 Å². The Hall–Kier alpha value is -2.00. The summed E-state index contributed by atoms with van der Waals surface area (Å²) in [5.74, 6) is -0.624. The first-order valence-corrected chi connectivity index (χ1v) is 8.34. The predicted octanol–water partition coefficient (Wildman–Crippen LogP) is 1.80. The lowest BCUT2D eigenvalue weighted by Crippen LogP contribution is -2.41. The largest absolute Gasteiger partial charge is 0.469 e. The second kappa shape index (κ2) is 7.51. The molecule has 1 atom stereocenters. The number of hydrogen-bond donors (Lipinski definition) is 0. The van der Waals surface area contributed by atoms with Gasteiger partial charge in [-0.2, -0.15) is 4.31 Å². The van der Waals surface area contributed by atoms with E-state index < -0.39 is 27.0 Å². The molecule has 0 fully saturated rings. The summed E-state index contributed by atoms with van der Waals surface area (Å²) in [5, 5.41) is 10.6. The van der Waals surface area contributed by atoms with Crippen LogP contribution in [0.4, 0.5) is 5.69 Å². The molecule has 1 aromatic rings. The van der Waals surface area contributed by atoms with Crippen LogP contribution in [-0.4, -0.2) is 43.8 Å². The van der Waals surface area contributed by atoms with Gasteiger partial charge in [0.1, 0.15) is 0 Å². The highest BCUT2D eigenvalue weighted by atomic mass is 32.2. The molecule has 0 aromatic heterocycles. The number of benzene rings is 1. The van der Waals surface area contributed by atoms with Crippen molar-refractivity contribution in [3.63, 3.8) is 0 Å². The van der Waals surface area contributed by atoms with Crippen LogP contribution in [0.1, 0.15) is 20.3 Å². The van der Waals surface area contributed by atoms with Crippen LogP contribution in [0.15, 0.2) is 29.2 Å². The van der Waals surface area contributed by atoms with Gasteiger partial charge >= 0.3 is 5.97 Å². The fraction of sp³-hybridized carbons (Fsp3) is 0.500. The third-order valence-electron chi connectivity index (χ3n) is 3.56. The third kappa shape index (κ3) is 4.49. The molecule has 0 unspecified atom stereocenters. The molecule has 0 bridgehead atoms. The number of methoxy groups -OCH3 is 1. The van der Waals surface area contributed by atoms with Gasteiger partial charge in [0.2, 0.25) is 10.0 Å². The van der Waals surface area contributed by atoms with Crippen LogP contribution in [0.25, 0.3) is 0 Å². The molecule has 0 radical (unpaired) electrons. The number of ether oxygens (including phenoxy) is 1. The SMILES string of the molecule is COC(=O)C[C@H](C(C)C)N(C)S(=O)(=O)c1ccc([N+](=O)[O-])cc1. The minimum absolute atomic E-state index is 0.0684. The Morgan fingerprint density at radius 2 is 1.83 bits per heavy atom. The maximum absolute atomic E-state index is 12.6. The summed E-state index contributed by atoms with van der Waals surface area (Å²) in [6, 6.07) is 4.04. The molecule has 0 heterocycles. The van der Waals surface area contributed by atoms with E-state index >= 15 is 0 Å². The molecule has 0 spiro atoms. The number of nitro groups is 1. The van der Waals surface area contributed by atoms with Crippen molar-refractivity contribution in [2.24, 2.45) is 5.92 Å². The fourth-order valence-electron chi connectivity index (χ4n) is 2.12. The number of non-ortho nitro benzene ring substituents is 1. The molecule has 0 saturated carbocycles. The van der Waals surface area contributed by atoms with E-state index in [9.17, 15) is 23.3 Å². The zero-order chi connectivity index (χ0) is 17.8. The first kappa shape index (κ1) is 19.0. The summed E-state index contributed by atoms with van der Waals surface area (Å²) in [6.45, 7) is 3.60. The second-order valence-electron chi connectivity index (χ2n) is 5.36. The monoisotopic (exact) mass is 344 g/mol. The maximum atomic E-state index is 12.6. The fourth-order valence-corrected chi connectivity index (χ4v) is 3.61. The van der Waals surface area contributed by atoms with Gasteiger partial charge in [0.05, 0.1) is 23.3 Å². The molecule has 0 N–H and O–H groups in total. The lowest BCUT2D eigenvalue weighted by molar-refractivity contribution is -0.384. The van der Waals surface area contributed by atoms with E-state index in [1.165, 1.54) is 26.3 Å². The molecular weight excluding hydrogens is 324 g/mol. The lowest BCUT2D eigenvalue weighted by atomic mass is 10.0. The Bertz CT molecular complexity index is 669. The van der Waals surface area contributed by atoms with Crippen LogP contribution in [0.5, 0.6) is 0 Å². The maximum Gasteiger partial charge on any atom is 0.307 e. The van der Waals surface area contributed by atoms with Crippen molar-refractivity contribution in [3.8, 4) is 0 Å². The molecule has 23 heavy (non-hydrogen) atoms. The van der Waals surface area contributed by atoms with Gasteiger partial charge in [-0.3, -0.25) is 14.9 Å². The molecular formula is C14H20N2O6S. The smallest absolute Gasteiger partial charge is 0.307 e. The minimum Gasteiger partial charge on any atom is -0.469 e. The van der Waals surface area contributed by atoms with E-state index in [1.807, 2.05) is 0 Å². The van der Waals surface area contributed by atoms with Gasteiger partial charge in [0, 0.05) is 25.2 Å². The van der Waals surface area contributed by atoms with Crippen LogP contribution < -0.4 is 0 Å². The molecule has 0 saturated heterocycles. The van der Waals surface area contributed by atoms with Gasteiger partial charge in [-0.1, -0.05) is 13.8 Å². The molecule has 9 heteroatoms. The Labute approximate surface area is 135 Å². The lowest BCUT2D eigenvalue weighted by Gasteiger charge is -2.29. The highest BCUT2D eigenvalue weighted by Gasteiger charge is 2.32. The molecule has 0 aliphatic carbocycles. The van der Waals surface area contributed by atoms with Gasteiger partial charge in [-0.15, -0.1) is 0 Å². The van der Waals surface area contributed by atoms with Gasteiger partial charge in [0.15, 0.2) is 0 Å². The molecule has 1 aromatic carbocycles. The zero-order valence-electron chi connectivity index (χ0n) is 13.4. The van der Waals surface area contributed by atoms with Crippen LogP contribution in [0, 0.1) is 16.0 Å². The normalized spacial score (nSPS) is 13.1. The molecule has 0 aliphatic rings. The standard InChI is InChI=1S/C14H20N2O6S/c1-10(2)13(9-14(17)22-4)15(3)23(20,21)12-7-5-11(6-8-12)16(18)19/h5-8,10,13H,9H2,1-4H3/t13-/m1/s1. The number of nitro benzene ring substituents is 1. The number of carbonyl (C=O) groups excluding carboxylic acids is 1. The summed E-state index contributed by atoms with van der Waals surface area (Å²) >= 11 is 0. The van der Waals surface area contributed by atoms with E-state index in [2.05, 4.69) is 4.74 Å². The van der Waals surface area contributed by atoms with Crippen LogP contribution in [0.2, 0.25) is 0 Å². The van der Waals surface area contributed by atoms with Crippen molar-refractivity contribution < 1.29 is 22.9 Å². The average Bonchev–Trinajstić information content (AvgIpc) is 2.51. The zero-order valence-corrected chi connectivity index (χ0v) is 14.2. The van der Waals surface area contributed by atoms with Crippen LogP contribution in [0.3, 0.4) is 0 Å². The summed E-state index contributed by atoms with van der Waals surface area (Å²) in [5.41, 5.74) is -0.193. The topological polar surface area (TPSA) is 107 Å². The highest BCUT2D eigenvalue weighted by Crippen LogP contribution is 2.24. The summed E-state index contributed by atoms with van der Waals surface area (Å²) in [4.78, 5) is 21.5. The van der Waals surface area contributed by atoms with Crippen molar-refractivity contribution in [2.75, 3.05) is 14.2 Å². The van der Waals surface area contributed by atoms with Crippen LogP contribution >= 0.6 is 0 Å². The van der Waals surface area contributed by atoms with E-state index in [4.69, 9.17) is 0 Å². The molecule has 128 valence electrons. The predicted molar refractivity (Wildman–Crippen MR) is 83.3 cm³/mol. The second-order valence-corrected chi connectivity index (χ2v) is 7.36. The third-order valence-corrected chi connectivity index (χ3v) is 5.46. The molecule has 0 aliphatic heterocycles. The number of carbonyl (C=O) groups is 1. The quantitative estimate of drug-likeness (QED) is 0.424. The number of sulfonamides is 1.